The predicted molar refractivity (Wildman–Crippen MR) is 93.3 cm³/mol. The third kappa shape index (κ3) is 2.94. The summed E-state index contributed by atoms with van der Waals surface area (Å²) in [5.74, 6) is 1.75. The Balaban J connectivity index is 1.47. The molecule has 0 amide bonds. The lowest BCUT2D eigenvalue weighted by Gasteiger charge is -2.34. The molecule has 0 bridgehead atoms. The van der Waals surface area contributed by atoms with Gasteiger partial charge in [-0.1, -0.05) is 0 Å². The molecule has 1 aliphatic rings. The van der Waals surface area contributed by atoms with Crippen LogP contribution in [0.25, 0.3) is 11.3 Å². The van der Waals surface area contributed by atoms with E-state index in [2.05, 4.69) is 29.2 Å². The van der Waals surface area contributed by atoms with E-state index in [4.69, 9.17) is 4.98 Å². The molecule has 0 radical (unpaired) electrons. The summed E-state index contributed by atoms with van der Waals surface area (Å²) in [6.45, 7) is 5.53. The van der Waals surface area contributed by atoms with Crippen molar-refractivity contribution in [3.05, 3.63) is 30.6 Å². The Labute approximate surface area is 144 Å². The Bertz CT molecular complexity index is 833. The van der Waals surface area contributed by atoms with Gasteiger partial charge in [-0.2, -0.15) is 9.47 Å². The largest absolute Gasteiger partial charge is 0.352 e. The normalized spacial score (nSPS) is 15.1. The van der Waals surface area contributed by atoms with Crippen LogP contribution in [-0.4, -0.2) is 55.3 Å². The standard InChI is InChI=1S/C15H18N8S/c1-11-18-15(24-20-11)23-5-3-22(4-6-23)14-9-16-8-13(19-14)12-7-17-21(2)10-12/h7-10H,3-6H2,1-2H3. The van der Waals surface area contributed by atoms with Gasteiger partial charge in [-0.05, 0) is 6.92 Å². The molecule has 1 aliphatic heterocycles. The van der Waals surface area contributed by atoms with E-state index >= 15 is 0 Å². The van der Waals surface area contributed by atoms with Crippen molar-refractivity contribution >= 4 is 22.5 Å². The lowest BCUT2D eigenvalue weighted by Crippen LogP contribution is -2.46. The van der Waals surface area contributed by atoms with Gasteiger partial charge in [-0.25, -0.2) is 9.97 Å². The van der Waals surface area contributed by atoms with Gasteiger partial charge in [-0.3, -0.25) is 9.67 Å². The van der Waals surface area contributed by atoms with Crippen LogP contribution in [0.3, 0.4) is 0 Å². The molecule has 3 aromatic rings. The molecule has 8 nitrogen and oxygen atoms in total. The Hall–Kier alpha value is -2.55. The van der Waals surface area contributed by atoms with Crippen LogP contribution >= 0.6 is 11.5 Å². The third-order valence-corrected chi connectivity index (χ3v) is 4.88. The molecule has 1 saturated heterocycles. The summed E-state index contributed by atoms with van der Waals surface area (Å²) in [6.07, 6.45) is 7.36. The summed E-state index contributed by atoms with van der Waals surface area (Å²) in [4.78, 5) is 18.1. The van der Waals surface area contributed by atoms with E-state index in [1.807, 2.05) is 32.6 Å². The Morgan fingerprint density at radius 2 is 1.79 bits per heavy atom. The summed E-state index contributed by atoms with van der Waals surface area (Å²) in [6, 6.07) is 0. The first-order valence-corrected chi connectivity index (χ1v) is 8.57. The molecule has 0 aromatic carbocycles. The smallest absolute Gasteiger partial charge is 0.205 e. The summed E-state index contributed by atoms with van der Waals surface area (Å²) in [5.41, 5.74) is 1.83. The Kier molecular flexibility index (Phi) is 3.85. The van der Waals surface area contributed by atoms with Crippen molar-refractivity contribution in [3.8, 4) is 11.3 Å². The van der Waals surface area contributed by atoms with Gasteiger partial charge in [0.2, 0.25) is 5.13 Å². The lowest BCUT2D eigenvalue weighted by molar-refractivity contribution is 0.645. The maximum Gasteiger partial charge on any atom is 0.205 e. The first-order valence-electron chi connectivity index (χ1n) is 7.80. The maximum absolute atomic E-state index is 4.75. The average Bonchev–Trinajstić information content (AvgIpc) is 3.24. The molecule has 0 saturated carbocycles. The van der Waals surface area contributed by atoms with Crippen LogP contribution in [0, 0.1) is 6.92 Å². The lowest BCUT2D eigenvalue weighted by atomic mass is 10.2. The van der Waals surface area contributed by atoms with Crippen LogP contribution in [0.1, 0.15) is 5.82 Å². The summed E-state index contributed by atoms with van der Waals surface area (Å²) in [5, 5.41) is 5.20. The van der Waals surface area contributed by atoms with Crippen LogP contribution in [-0.2, 0) is 7.05 Å². The molecule has 9 heteroatoms. The summed E-state index contributed by atoms with van der Waals surface area (Å²) >= 11 is 1.46. The molecule has 124 valence electrons. The fourth-order valence-electron chi connectivity index (χ4n) is 2.74. The first-order chi connectivity index (χ1) is 11.7. The molecule has 0 spiro atoms. The summed E-state index contributed by atoms with van der Waals surface area (Å²) in [7, 11) is 1.90. The minimum absolute atomic E-state index is 0.840. The molecule has 4 heterocycles. The Morgan fingerprint density at radius 3 is 2.46 bits per heavy atom. The molecule has 0 unspecified atom stereocenters. The van der Waals surface area contributed by atoms with Crippen LogP contribution < -0.4 is 9.80 Å². The highest BCUT2D eigenvalue weighted by Crippen LogP contribution is 2.22. The zero-order valence-corrected chi connectivity index (χ0v) is 14.4. The fourth-order valence-corrected chi connectivity index (χ4v) is 3.47. The van der Waals surface area contributed by atoms with Crippen LogP contribution in [0.2, 0.25) is 0 Å². The monoisotopic (exact) mass is 342 g/mol. The van der Waals surface area contributed by atoms with Crippen molar-refractivity contribution in [3.63, 3.8) is 0 Å². The first kappa shape index (κ1) is 15.0. The molecule has 1 fully saturated rings. The molecule has 4 rings (SSSR count). The van der Waals surface area contributed by atoms with Gasteiger partial charge in [0.1, 0.15) is 11.6 Å². The van der Waals surface area contributed by atoms with Crippen LogP contribution in [0.15, 0.2) is 24.8 Å². The highest BCUT2D eigenvalue weighted by atomic mass is 32.1. The number of nitrogens with zero attached hydrogens (tertiary/aromatic N) is 8. The molecule has 3 aromatic heterocycles. The maximum atomic E-state index is 4.75. The topological polar surface area (TPSA) is 75.9 Å². The van der Waals surface area contributed by atoms with Crippen molar-refractivity contribution in [2.45, 2.75) is 6.92 Å². The van der Waals surface area contributed by atoms with Gasteiger partial charge >= 0.3 is 0 Å². The van der Waals surface area contributed by atoms with Crippen molar-refractivity contribution in [2.75, 3.05) is 36.0 Å². The van der Waals surface area contributed by atoms with E-state index in [0.29, 0.717) is 0 Å². The van der Waals surface area contributed by atoms with Crippen molar-refractivity contribution in [1.29, 1.82) is 0 Å². The number of aromatic nitrogens is 6. The van der Waals surface area contributed by atoms with Gasteiger partial charge in [0.25, 0.3) is 0 Å². The predicted octanol–water partition coefficient (Wildman–Crippen LogP) is 1.36. The fraction of sp³-hybridized carbons (Fsp3) is 0.400. The van der Waals surface area contributed by atoms with Gasteiger partial charge in [0.05, 0.1) is 24.3 Å². The molecule has 0 atom stereocenters. The number of hydrogen-bond donors (Lipinski definition) is 0. The second kappa shape index (κ2) is 6.16. The zero-order valence-electron chi connectivity index (χ0n) is 13.6. The summed E-state index contributed by atoms with van der Waals surface area (Å²) < 4.78 is 6.03. The Morgan fingerprint density at radius 1 is 1.00 bits per heavy atom. The van der Waals surface area contributed by atoms with E-state index in [-0.39, 0.29) is 0 Å². The third-order valence-electron chi connectivity index (χ3n) is 4.01. The van der Waals surface area contributed by atoms with Crippen LogP contribution in [0.5, 0.6) is 0 Å². The number of hydrogen-bond acceptors (Lipinski definition) is 8. The number of aryl methyl sites for hydroxylation is 2. The van der Waals surface area contributed by atoms with Crippen molar-refractivity contribution in [1.82, 2.24) is 29.1 Å². The van der Waals surface area contributed by atoms with E-state index < -0.39 is 0 Å². The van der Waals surface area contributed by atoms with Crippen molar-refractivity contribution < 1.29 is 0 Å². The van der Waals surface area contributed by atoms with E-state index in [9.17, 15) is 0 Å². The molecular weight excluding hydrogens is 324 g/mol. The van der Waals surface area contributed by atoms with Crippen LogP contribution in [0.4, 0.5) is 10.9 Å². The zero-order chi connectivity index (χ0) is 16.5. The highest BCUT2D eigenvalue weighted by Gasteiger charge is 2.21. The minimum atomic E-state index is 0.840. The van der Waals surface area contributed by atoms with E-state index in [1.54, 1.807) is 10.9 Å². The highest BCUT2D eigenvalue weighted by molar-refractivity contribution is 7.09. The molecular formula is C15H18N8S. The molecule has 0 N–H and O–H groups in total. The van der Waals surface area contributed by atoms with Crippen molar-refractivity contribution in [2.24, 2.45) is 7.05 Å². The number of piperazine rings is 1. The van der Waals surface area contributed by atoms with Gasteiger partial charge < -0.3 is 9.80 Å². The van der Waals surface area contributed by atoms with Gasteiger partial charge in [-0.15, -0.1) is 0 Å². The minimum Gasteiger partial charge on any atom is -0.352 e. The number of rotatable bonds is 3. The molecule has 0 aliphatic carbocycles. The van der Waals surface area contributed by atoms with E-state index in [1.165, 1.54) is 11.5 Å². The van der Waals surface area contributed by atoms with Gasteiger partial charge in [0.15, 0.2) is 0 Å². The quantitative estimate of drug-likeness (QED) is 0.711. The second-order valence-corrected chi connectivity index (χ2v) is 6.49. The number of anilines is 2. The van der Waals surface area contributed by atoms with E-state index in [0.717, 1.165) is 54.2 Å². The van der Waals surface area contributed by atoms with Gasteiger partial charge in [0, 0.05) is 56.5 Å². The average molecular weight is 342 g/mol. The SMILES string of the molecule is Cc1nsc(N2CCN(c3cncc(-c4cnn(C)c4)n3)CC2)n1. The second-order valence-electron chi connectivity index (χ2n) is 5.76. The molecule has 24 heavy (non-hydrogen) atoms.